The van der Waals surface area contributed by atoms with E-state index in [9.17, 15) is 4.79 Å². The molecule has 2 aliphatic rings. The number of carbonyl (C=O) groups excluding carboxylic acids is 1. The van der Waals surface area contributed by atoms with Crippen molar-refractivity contribution < 1.29 is 4.79 Å². The maximum Gasteiger partial charge on any atom is 0.254 e. The molecule has 1 spiro atoms. The smallest absolute Gasteiger partial charge is 0.254 e. The molecule has 0 aromatic heterocycles. The lowest BCUT2D eigenvalue weighted by Gasteiger charge is -2.34. The molecule has 0 N–H and O–H groups in total. The van der Waals surface area contributed by atoms with Crippen LogP contribution in [0.2, 0.25) is 0 Å². The Morgan fingerprint density at radius 2 is 1.95 bits per heavy atom. The third kappa shape index (κ3) is 2.63. The van der Waals surface area contributed by atoms with E-state index in [0.717, 1.165) is 18.8 Å². The predicted molar refractivity (Wildman–Crippen MR) is 81.5 cm³/mol. The van der Waals surface area contributed by atoms with Crippen LogP contribution in [0, 0.1) is 5.41 Å². The number of halogens is 1. The van der Waals surface area contributed by atoms with E-state index in [1.165, 1.54) is 30.6 Å². The first-order chi connectivity index (χ1) is 9.13. The molecule has 102 valence electrons. The van der Waals surface area contributed by atoms with Crippen LogP contribution in [-0.2, 0) is 0 Å². The van der Waals surface area contributed by atoms with Crippen molar-refractivity contribution in [3.8, 4) is 0 Å². The van der Waals surface area contributed by atoms with E-state index in [2.05, 4.69) is 17.2 Å². The fourth-order valence-electron chi connectivity index (χ4n) is 2.97. The molecule has 0 atom stereocenters. The standard InChI is InChI=1S/C15H18ClNOS/c1-19-11-2-3-12(14(16)18)13(10-11)17-8-6-15(4-5-15)7-9-17/h2-3,10H,4-9H2,1H3. The second-order valence-corrected chi connectivity index (χ2v) is 6.87. The average Bonchev–Trinajstić information content (AvgIpc) is 3.18. The van der Waals surface area contributed by atoms with Crippen molar-refractivity contribution >= 4 is 34.3 Å². The molecule has 3 rings (SSSR count). The Balaban J connectivity index is 1.87. The number of nitrogens with zero attached hydrogens (tertiary/aromatic N) is 1. The summed E-state index contributed by atoms with van der Waals surface area (Å²) in [6.07, 6.45) is 7.36. The number of carbonyl (C=O) groups is 1. The minimum absolute atomic E-state index is 0.352. The molecule has 1 saturated heterocycles. The van der Waals surface area contributed by atoms with Crippen molar-refractivity contribution in [3.05, 3.63) is 23.8 Å². The van der Waals surface area contributed by atoms with Gasteiger partial charge in [-0.1, -0.05) is 0 Å². The molecule has 1 aromatic carbocycles. The van der Waals surface area contributed by atoms with Crippen molar-refractivity contribution in [3.63, 3.8) is 0 Å². The van der Waals surface area contributed by atoms with Crippen LogP contribution in [0.3, 0.4) is 0 Å². The zero-order valence-electron chi connectivity index (χ0n) is 11.1. The minimum Gasteiger partial charge on any atom is -0.371 e. The second-order valence-electron chi connectivity index (χ2n) is 5.64. The van der Waals surface area contributed by atoms with E-state index in [4.69, 9.17) is 11.6 Å². The number of hydrogen-bond donors (Lipinski definition) is 0. The molecule has 2 fully saturated rings. The Morgan fingerprint density at radius 3 is 2.47 bits per heavy atom. The topological polar surface area (TPSA) is 20.3 Å². The summed E-state index contributed by atoms with van der Waals surface area (Å²) < 4.78 is 0. The first kappa shape index (κ1) is 13.3. The first-order valence-corrected chi connectivity index (χ1v) is 8.37. The highest BCUT2D eigenvalue weighted by molar-refractivity contribution is 7.98. The molecule has 19 heavy (non-hydrogen) atoms. The average molecular weight is 296 g/mol. The molecule has 1 aliphatic carbocycles. The van der Waals surface area contributed by atoms with Gasteiger partial charge in [-0.15, -0.1) is 11.8 Å². The van der Waals surface area contributed by atoms with Gasteiger partial charge in [-0.2, -0.15) is 0 Å². The number of benzene rings is 1. The third-order valence-corrected chi connectivity index (χ3v) is 5.47. The number of thioether (sulfide) groups is 1. The molecule has 2 nitrogen and oxygen atoms in total. The fourth-order valence-corrected chi connectivity index (χ4v) is 3.56. The number of hydrogen-bond acceptors (Lipinski definition) is 3. The van der Waals surface area contributed by atoms with E-state index in [1.54, 1.807) is 11.8 Å². The molecule has 1 saturated carbocycles. The number of piperidine rings is 1. The molecule has 1 aromatic rings. The van der Waals surface area contributed by atoms with Crippen LogP contribution in [-0.4, -0.2) is 24.6 Å². The van der Waals surface area contributed by atoms with Gasteiger partial charge in [0.05, 0.1) is 5.56 Å². The van der Waals surface area contributed by atoms with Crippen LogP contribution in [0.5, 0.6) is 0 Å². The summed E-state index contributed by atoms with van der Waals surface area (Å²) in [5.74, 6) is 0. The maximum atomic E-state index is 11.6. The van der Waals surface area contributed by atoms with Gasteiger partial charge in [-0.05, 0) is 67.2 Å². The SMILES string of the molecule is CSc1ccc(C(=O)Cl)c(N2CCC3(CC2)CC3)c1. The highest BCUT2D eigenvalue weighted by Gasteiger charge is 2.44. The summed E-state index contributed by atoms with van der Waals surface area (Å²) in [5, 5.41) is -0.352. The molecule has 0 bridgehead atoms. The number of rotatable bonds is 3. The van der Waals surface area contributed by atoms with Crippen LogP contribution >= 0.6 is 23.4 Å². The lowest BCUT2D eigenvalue weighted by atomic mass is 9.93. The van der Waals surface area contributed by atoms with Gasteiger partial charge in [-0.3, -0.25) is 4.79 Å². The Hall–Kier alpha value is -0.670. The van der Waals surface area contributed by atoms with Crippen molar-refractivity contribution in [1.82, 2.24) is 0 Å². The van der Waals surface area contributed by atoms with Crippen LogP contribution in [0.15, 0.2) is 23.1 Å². The van der Waals surface area contributed by atoms with E-state index in [-0.39, 0.29) is 5.24 Å². The van der Waals surface area contributed by atoms with Gasteiger partial charge in [-0.25, -0.2) is 0 Å². The van der Waals surface area contributed by atoms with Gasteiger partial charge in [0.2, 0.25) is 0 Å². The molecule has 0 radical (unpaired) electrons. The molecule has 1 heterocycles. The van der Waals surface area contributed by atoms with Crippen molar-refractivity contribution in [2.24, 2.45) is 5.41 Å². The van der Waals surface area contributed by atoms with E-state index in [1.807, 2.05) is 12.1 Å². The van der Waals surface area contributed by atoms with Gasteiger partial charge in [0.1, 0.15) is 0 Å². The summed E-state index contributed by atoms with van der Waals surface area (Å²) in [5.41, 5.74) is 2.31. The quantitative estimate of drug-likeness (QED) is 0.617. The molecule has 1 aliphatic heterocycles. The monoisotopic (exact) mass is 295 g/mol. The van der Waals surface area contributed by atoms with Gasteiger partial charge >= 0.3 is 0 Å². The van der Waals surface area contributed by atoms with Crippen LogP contribution in [0.1, 0.15) is 36.0 Å². The second kappa shape index (κ2) is 5.02. The summed E-state index contributed by atoms with van der Waals surface area (Å²) >= 11 is 7.42. The Kier molecular flexibility index (Phi) is 3.52. The van der Waals surface area contributed by atoms with Crippen molar-refractivity contribution in [2.75, 3.05) is 24.2 Å². The van der Waals surface area contributed by atoms with Gasteiger partial charge in [0.15, 0.2) is 0 Å². The summed E-state index contributed by atoms with van der Waals surface area (Å²) in [4.78, 5) is 15.1. The highest BCUT2D eigenvalue weighted by atomic mass is 35.5. The lowest BCUT2D eigenvalue weighted by Crippen LogP contribution is -2.35. The van der Waals surface area contributed by atoms with E-state index < -0.39 is 0 Å². The predicted octanol–water partition coefficient (Wildman–Crippen LogP) is 4.17. The Bertz CT molecular complexity index is 503. The largest absolute Gasteiger partial charge is 0.371 e. The van der Waals surface area contributed by atoms with E-state index >= 15 is 0 Å². The lowest BCUT2D eigenvalue weighted by molar-refractivity contribution is 0.108. The number of anilines is 1. The van der Waals surface area contributed by atoms with Gasteiger partial charge in [0, 0.05) is 23.7 Å². The zero-order valence-corrected chi connectivity index (χ0v) is 12.7. The molecular formula is C15H18ClNOS. The maximum absolute atomic E-state index is 11.6. The summed E-state index contributed by atoms with van der Waals surface area (Å²) in [6, 6.07) is 5.93. The highest BCUT2D eigenvalue weighted by Crippen LogP contribution is 2.54. The summed E-state index contributed by atoms with van der Waals surface area (Å²) in [7, 11) is 0. The van der Waals surface area contributed by atoms with Crippen LogP contribution in [0.4, 0.5) is 5.69 Å². The van der Waals surface area contributed by atoms with Crippen molar-refractivity contribution in [1.29, 1.82) is 0 Å². The Morgan fingerprint density at radius 1 is 1.26 bits per heavy atom. The first-order valence-electron chi connectivity index (χ1n) is 6.76. The summed E-state index contributed by atoms with van der Waals surface area (Å²) in [6.45, 7) is 2.10. The van der Waals surface area contributed by atoms with Gasteiger partial charge in [0.25, 0.3) is 5.24 Å². The molecule has 0 unspecified atom stereocenters. The molecule has 4 heteroatoms. The fraction of sp³-hybridized carbons (Fsp3) is 0.533. The Labute approximate surface area is 123 Å². The van der Waals surface area contributed by atoms with Crippen LogP contribution < -0.4 is 4.90 Å². The zero-order chi connectivity index (χ0) is 13.5. The van der Waals surface area contributed by atoms with Crippen molar-refractivity contribution in [2.45, 2.75) is 30.6 Å². The van der Waals surface area contributed by atoms with Gasteiger partial charge < -0.3 is 4.90 Å². The molecular weight excluding hydrogens is 278 g/mol. The molecule has 0 amide bonds. The normalized spacial score (nSPS) is 20.6. The third-order valence-electron chi connectivity index (χ3n) is 4.54. The van der Waals surface area contributed by atoms with Crippen LogP contribution in [0.25, 0.3) is 0 Å². The van der Waals surface area contributed by atoms with E-state index in [0.29, 0.717) is 11.0 Å². The minimum atomic E-state index is -0.352.